The summed E-state index contributed by atoms with van der Waals surface area (Å²) < 4.78 is 0. The summed E-state index contributed by atoms with van der Waals surface area (Å²) in [5, 5.41) is 3.57. The van der Waals surface area contributed by atoms with E-state index < -0.39 is 0 Å². The van der Waals surface area contributed by atoms with Crippen LogP contribution in [0.1, 0.15) is 36.9 Å². The van der Waals surface area contributed by atoms with Crippen LogP contribution in [0.25, 0.3) is 0 Å². The van der Waals surface area contributed by atoms with E-state index in [0.29, 0.717) is 6.04 Å². The number of benzene rings is 1. The Kier molecular flexibility index (Phi) is 3.64. The molecule has 1 heteroatoms. The maximum Gasteiger partial charge on any atom is 0.0581 e. The molecule has 1 unspecified atom stereocenters. The summed E-state index contributed by atoms with van der Waals surface area (Å²) in [6.45, 7) is 4.88. The number of aryl methyl sites for hydroxylation is 1. The molecule has 0 aliphatic heterocycles. The Morgan fingerprint density at radius 1 is 1.38 bits per heavy atom. The summed E-state index contributed by atoms with van der Waals surface area (Å²) >= 11 is 0. The van der Waals surface area contributed by atoms with Gasteiger partial charge in [0, 0.05) is 6.04 Å². The van der Waals surface area contributed by atoms with Crippen molar-refractivity contribution in [3.63, 3.8) is 0 Å². The van der Waals surface area contributed by atoms with Crippen molar-refractivity contribution in [1.82, 2.24) is 5.32 Å². The zero-order chi connectivity index (χ0) is 11.4. The smallest absolute Gasteiger partial charge is 0.0581 e. The van der Waals surface area contributed by atoms with Crippen LogP contribution < -0.4 is 5.32 Å². The molecule has 1 aliphatic carbocycles. The molecule has 0 bridgehead atoms. The lowest BCUT2D eigenvalue weighted by Crippen LogP contribution is -2.24. The molecular formula is C15H19N. The lowest BCUT2D eigenvalue weighted by Gasteiger charge is -2.19. The highest BCUT2D eigenvalue weighted by molar-refractivity contribution is 5.30. The van der Waals surface area contributed by atoms with Crippen LogP contribution in [-0.4, -0.2) is 6.54 Å². The first-order chi connectivity index (χ1) is 7.83. The SMILES string of the molecule is CC#CCNC(c1ccccc1C)C1CC1. The van der Waals surface area contributed by atoms with Gasteiger partial charge in [-0.25, -0.2) is 0 Å². The van der Waals surface area contributed by atoms with Crippen LogP contribution in [0.4, 0.5) is 0 Å². The molecule has 0 amide bonds. The first kappa shape index (κ1) is 11.2. The minimum atomic E-state index is 0.502. The van der Waals surface area contributed by atoms with Crippen molar-refractivity contribution in [1.29, 1.82) is 0 Å². The second kappa shape index (κ2) is 5.18. The van der Waals surface area contributed by atoms with Gasteiger partial charge in [-0.05, 0) is 43.7 Å². The van der Waals surface area contributed by atoms with E-state index in [1.54, 1.807) is 0 Å². The van der Waals surface area contributed by atoms with Crippen molar-refractivity contribution in [3.8, 4) is 11.8 Å². The van der Waals surface area contributed by atoms with Gasteiger partial charge in [0.05, 0.1) is 6.54 Å². The van der Waals surface area contributed by atoms with Crippen molar-refractivity contribution in [2.24, 2.45) is 5.92 Å². The highest BCUT2D eigenvalue weighted by Gasteiger charge is 2.32. The maximum absolute atomic E-state index is 3.57. The Balaban J connectivity index is 2.11. The van der Waals surface area contributed by atoms with Crippen LogP contribution in [0.5, 0.6) is 0 Å². The van der Waals surface area contributed by atoms with E-state index in [0.717, 1.165) is 12.5 Å². The molecule has 1 aromatic rings. The Morgan fingerprint density at radius 3 is 2.75 bits per heavy atom. The van der Waals surface area contributed by atoms with E-state index in [9.17, 15) is 0 Å². The predicted octanol–water partition coefficient (Wildman–Crippen LogP) is 3.06. The van der Waals surface area contributed by atoms with Gasteiger partial charge in [-0.2, -0.15) is 0 Å². The average Bonchev–Trinajstić information content (AvgIpc) is 3.10. The van der Waals surface area contributed by atoms with Crippen molar-refractivity contribution >= 4 is 0 Å². The fourth-order valence-corrected chi connectivity index (χ4v) is 2.15. The third-order valence-corrected chi connectivity index (χ3v) is 3.20. The third-order valence-electron chi connectivity index (χ3n) is 3.20. The molecule has 1 aromatic carbocycles. The van der Waals surface area contributed by atoms with Crippen LogP contribution in [-0.2, 0) is 0 Å². The Bertz CT molecular complexity index is 407. The van der Waals surface area contributed by atoms with Crippen LogP contribution in [0.15, 0.2) is 24.3 Å². The molecule has 1 N–H and O–H groups in total. The summed E-state index contributed by atoms with van der Waals surface area (Å²) in [4.78, 5) is 0. The fourth-order valence-electron chi connectivity index (χ4n) is 2.15. The molecule has 0 heterocycles. The average molecular weight is 213 g/mol. The summed E-state index contributed by atoms with van der Waals surface area (Å²) in [5.74, 6) is 6.84. The summed E-state index contributed by atoms with van der Waals surface area (Å²) in [6.07, 6.45) is 2.71. The Hall–Kier alpha value is -1.26. The third kappa shape index (κ3) is 2.65. The van der Waals surface area contributed by atoms with Gasteiger partial charge < -0.3 is 0 Å². The van der Waals surface area contributed by atoms with E-state index in [-0.39, 0.29) is 0 Å². The predicted molar refractivity (Wildman–Crippen MR) is 68.1 cm³/mol. The molecule has 0 radical (unpaired) electrons. The van der Waals surface area contributed by atoms with E-state index >= 15 is 0 Å². The minimum absolute atomic E-state index is 0.502. The van der Waals surface area contributed by atoms with Crippen LogP contribution >= 0.6 is 0 Å². The highest BCUT2D eigenvalue weighted by Crippen LogP contribution is 2.41. The quantitative estimate of drug-likeness (QED) is 0.758. The molecular weight excluding hydrogens is 194 g/mol. The van der Waals surface area contributed by atoms with Crippen LogP contribution in [0.3, 0.4) is 0 Å². The van der Waals surface area contributed by atoms with E-state index in [4.69, 9.17) is 0 Å². The molecule has 0 saturated heterocycles. The monoisotopic (exact) mass is 213 g/mol. The van der Waals surface area contributed by atoms with Crippen molar-refractivity contribution in [2.45, 2.75) is 32.7 Å². The molecule has 1 fully saturated rings. The van der Waals surface area contributed by atoms with E-state index in [1.807, 2.05) is 6.92 Å². The first-order valence-electron chi connectivity index (χ1n) is 6.01. The first-order valence-corrected chi connectivity index (χ1v) is 6.01. The zero-order valence-electron chi connectivity index (χ0n) is 10.1. The van der Waals surface area contributed by atoms with Gasteiger partial charge in [0.1, 0.15) is 0 Å². The number of nitrogens with one attached hydrogen (secondary N) is 1. The lowest BCUT2D eigenvalue weighted by molar-refractivity contribution is 0.508. The van der Waals surface area contributed by atoms with Crippen LogP contribution in [0.2, 0.25) is 0 Å². The lowest BCUT2D eigenvalue weighted by atomic mass is 9.98. The molecule has 1 nitrogen and oxygen atoms in total. The van der Waals surface area contributed by atoms with Gasteiger partial charge in [0.15, 0.2) is 0 Å². The number of hydrogen-bond donors (Lipinski definition) is 1. The van der Waals surface area contributed by atoms with Gasteiger partial charge in [-0.15, -0.1) is 5.92 Å². The molecule has 1 aliphatic rings. The van der Waals surface area contributed by atoms with Gasteiger partial charge in [0.25, 0.3) is 0 Å². The molecule has 84 valence electrons. The number of hydrogen-bond acceptors (Lipinski definition) is 1. The second-order valence-electron chi connectivity index (χ2n) is 4.48. The molecule has 1 saturated carbocycles. The highest BCUT2D eigenvalue weighted by atomic mass is 14.9. The molecule has 0 aromatic heterocycles. The van der Waals surface area contributed by atoms with E-state index in [2.05, 4.69) is 48.3 Å². The summed E-state index contributed by atoms with van der Waals surface area (Å²) in [5.41, 5.74) is 2.83. The van der Waals surface area contributed by atoms with Gasteiger partial charge in [0.2, 0.25) is 0 Å². The van der Waals surface area contributed by atoms with Gasteiger partial charge >= 0.3 is 0 Å². The fraction of sp³-hybridized carbons (Fsp3) is 0.467. The molecule has 1 atom stereocenters. The molecule has 0 spiro atoms. The standard InChI is InChI=1S/C15H19N/c1-3-4-11-16-15(13-9-10-13)14-8-6-5-7-12(14)2/h5-8,13,15-16H,9-11H2,1-2H3. The van der Waals surface area contributed by atoms with Crippen molar-refractivity contribution < 1.29 is 0 Å². The Morgan fingerprint density at radius 2 is 2.12 bits per heavy atom. The van der Waals surface area contributed by atoms with Crippen LogP contribution in [0, 0.1) is 24.7 Å². The summed E-state index contributed by atoms with van der Waals surface area (Å²) in [7, 11) is 0. The van der Waals surface area contributed by atoms with E-state index in [1.165, 1.54) is 24.0 Å². The van der Waals surface area contributed by atoms with Gasteiger partial charge in [-0.3, -0.25) is 5.32 Å². The molecule has 2 rings (SSSR count). The largest absolute Gasteiger partial charge is 0.299 e. The van der Waals surface area contributed by atoms with Crippen molar-refractivity contribution in [2.75, 3.05) is 6.54 Å². The van der Waals surface area contributed by atoms with Crippen molar-refractivity contribution in [3.05, 3.63) is 35.4 Å². The normalized spacial score (nSPS) is 16.4. The molecule has 16 heavy (non-hydrogen) atoms. The Labute approximate surface area is 98.3 Å². The number of rotatable bonds is 4. The summed E-state index contributed by atoms with van der Waals surface area (Å²) in [6, 6.07) is 9.17. The topological polar surface area (TPSA) is 12.0 Å². The zero-order valence-corrected chi connectivity index (χ0v) is 10.1. The second-order valence-corrected chi connectivity index (χ2v) is 4.48. The van der Waals surface area contributed by atoms with Gasteiger partial charge in [-0.1, -0.05) is 30.2 Å². The minimum Gasteiger partial charge on any atom is -0.299 e. The maximum atomic E-state index is 3.57.